The summed E-state index contributed by atoms with van der Waals surface area (Å²) < 4.78 is 6.41. The number of methoxy groups -OCH3 is 1. The van der Waals surface area contributed by atoms with Gasteiger partial charge in [-0.15, -0.1) is 0 Å². The molecule has 0 radical (unpaired) electrons. The molecule has 0 unspecified atom stereocenters. The highest BCUT2D eigenvalue weighted by Crippen LogP contribution is 2.35. The first-order valence-electron chi connectivity index (χ1n) is 5.45. The van der Waals surface area contributed by atoms with Crippen molar-refractivity contribution in [3.63, 3.8) is 0 Å². The summed E-state index contributed by atoms with van der Waals surface area (Å²) in [5.41, 5.74) is 0.880. The highest BCUT2D eigenvalue weighted by molar-refractivity contribution is 6.48. The Kier molecular flexibility index (Phi) is 4.73. The fourth-order valence-corrected chi connectivity index (χ4v) is 2.21. The highest BCUT2D eigenvalue weighted by atomic mass is 35.5. The van der Waals surface area contributed by atoms with Gasteiger partial charge in [0.05, 0.1) is 27.0 Å². The van der Waals surface area contributed by atoms with Crippen molar-refractivity contribution < 1.29 is 4.74 Å². The summed E-state index contributed by atoms with van der Waals surface area (Å²) in [6.07, 6.45) is 1.43. The predicted molar refractivity (Wildman–Crippen MR) is 78.8 cm³/mol. The molecule has 0 fully saturated rings. The Morgan fingerprint density at radius 3 is 2.75 bits per heavy atom. The maximum atomic E-state index is 9.08. The lowest BCUT2D eigenvalue weighted by Gasteiger charge is -2.12. The van der Waals surface area contributed by atoms with Gasteiger partial charge in [-0.05, 0) is 12.1 Å². The average molecular weight is 332 g/mol. The molecule has 0 aliphatic rings. The second-order valence-electron chi connectivity index (χ2n) is 3.73. The summed E-state index contributed by atoms with van der Waals surface area (Å²) in [7, 11) is 1.53. The van der Waals surface area contributed by atoms with E-state index in [2.05, 4.69) is 10.4 Å². The van der Waals surface area contributed by atoms with Crippen LogP contribution < -0.4 is 5.32 Å². The minimum atomic E-state index is 0.222. The van der Waals surface area contributed by atoms with Gasteiger partial charge in [-0.25, -0.2) is 4.68 Å². The van der Waals surface area contributed by atoms with Gasteiger partial charge < -0.3 is 10.1 Å². The number of hydrogen-bond donors (Lipinski definition) is 1. The first-order chi connectivity index (χ1) is 9.60. The SMILES string of the molecule is COCNc1c(C#N)cnn1-c1ccc(Cl)c(Cl)c1Cl. The Balaban J connectivity index is 2.56. The predicted octanol–water partition coefficient (Wildman–Crippen LogP) is 3.72. The molecule has 0 saturated heterocycles. The molecule has 1 N–H and O–H groups in total. The molecule has 0 aliphatic carbocycles. The smallest absolute Gasteiger partial charge is 0.149 e. The van der Waals surface area contributed by atoms with Crippen molar-refractivity contribution in [3.8, 4) is 11.8 Å². The topological polar surface area (TPSA) is 62.9 Å². The van der Waals surface area contributed by atoms with Gasteiger partial charge in [-0.1, -0.05) is 34.8 Å². The summed E-state index contributed by atoms with van der Waals surface area (Å²) in [4.78, 5) is 0. The van der Waals surface area contributed by atoms with E-state index in [1.807, 2.05) is 6.07 Å². The molecule has 104 valence electrons. The van der Waals surface area contributed by atoms with Crippen LogP contribution in [0.5, 0.6) is 0 Å². The molecule has 0 spiro atoms. The number of halogens is 3. The molecule has 1 aromatic heterocycles. The fraction of sp³-hybridized carbons (Fsp3) is 0.167. The van der Waals surface area contributed by atoms with E-state index in [4.69, 9.17) is 44.8 Å². The quantitative estimate of drug-likeness (QED) is 0.685. The normalized spacial score (nSPS) is 10.3. The zero-order valence-electron chi connectivity index (χ0n) is 10.3. The van der Waals surface area contributed by atoms with Crippen LogP contribution in [0, 0.1) is 11.3 Å². The largest absolute Gasteiger partial charge is 0.365 e. The average Bonchev–Trinajstić information content (AvgIpc) is 2.85. The van der Waals surface area contributed by atoms with Gasteiger partial charge in [0.1, 0.15) is 24.2 Å². The van der Waals surface area contributed by atoms with E-state index in [1.54, 1.807) is 12.1 Å². The molecule has 5 nitrogen and oxygen atoms in total. The Morgan fingerprint density at radius 1 is 1.35 bits per heavy atom. The third-order valence-corrected chi connectivity index (χ3v) is 3.80. The molecular weight excluding hydrogens is 323 g/mol. The molecule has 2 aromatic rings. The van der Waals surface area contributed by atoms with E-state index < -0.39 is 0 Å². The van der Waals surface area contributed by atoms with Crippen LogP contribution in [0.15, 0.2) is 18.3 Å². The van der Waals surface area contributed by atoms with Crippen molar-refractivity contribution in [1.29, 1.82) is 5.26 Å². The van der Waals surface area contributed by atoms with Gasteiger partial charge in [0.15, 0.2) is 0 Å². The number of ether oxygens (including phenoxy) is 1. The number of anilines is 1. The van der Waals surface area contributed by atoms with Crippen LogP contribution >= 0.6 is 34.8 Å². The number of benzene rings is 1. The molecule has 1 heterocycles. The molecule has 0 atom stereocenters. The van der Waals surface area contributed by atoms with Gasteiger partial charge >= 0.3 is 0 Å². The second kappa shape index (κ2) is 6.33. The summed E-state index contributed by atoms with van der Waals surface area (Å²) >= 11 is 18.1. The zero-order chi connectivity index (χ0) is 14.7. The number of hydrogen-bond acceptors (Lipinski definition) is 4. The van der Waals surface area contributed by atoms with Crippen molar-refractivity contribution in [2.24, 2.45) is 0 Å². The molecule has 20 heavy (non-hydrogen) atoms. The summed E-state index contributed by atoms with van der Waals surface area (Å²) in [6, 6.07) is 5.32. The highest BCUT2D eigenvalue weighted by Gasteiger charge is 2.16. The van der Waals surface area contributed by atoms with Crippen molar-refractivity contribution in [1.82, 2.24) is 9.78 Å². The van der Waals surface area contributed by atoms with E-state index in [-0.39, 0.29) is 16.8 Å². The van der Waals surface area contributed by atoms with E-state index in [0.29, 0.717) is 22.1 Å². The zero-order valence-corrected chi connectivity index (χ0v) is 12.6. The van der Waals surface area contributed by atoms with Crippen LogP contribution in [0.25, 0.3) is 5.69 Å². The number of nitrogens with one attached hydrogen (secondary N) is 1. The Morgan fingerprint density at radius 2 is 2.10 bits per heavy atom. The third-order valence-electron chi connectivity index (χ3n) is 2.52. The minimum Gasteiger partial charge on any atom is -0.365 e. The first-order valence-corrected chi connectivity index (χ1v) is 6.58. The van der Waals surface area contributed by atoms with Crippen molar-refractivity contribution in [2.75, 3.05) is 19.2 Å². The molecule has 0 bridgehead atoms. The molecule has 8 heteroatoms. The van der Waals surface area contributed by atoms with Crippen LogP contribution in [0.2, 0.25) is 15.1 Å². The molecule has 0 aliphatic heterocycles. The number of nitrogens with zero attached hydrogens (tertiary/aromatic N) is 3. The number of rotatable bonds is 4. The Bertz CT molecular complexity index is 678. The van der Waals surface area contributed by atoms with Crippen LogP contribution in [0.4, 0.5) is 5.82 Å². The van der Waals surface area contributed by atoms with Crippen molar-refractivity contribution in [3.05, 3.63) is 39.0 Å². The lowest BCUT2D eigenvalue weighted by Crippen LogP contribution is -2.10. The number of nitriles is 1. The number of aromatic nitrogens is 2. The summed E-state index contributed by atoms with van der Waals surface area (Å²) in [5.74, 6) is 0.467. The van der Waals surface area contributed by atoms with E-state index in [9.17, 15) is 0 Å². The first kappa shape index (κ1) is 14.9. The maximum absolute atomic E-state index is 9.08. The van der Waals surface area contributed by atoms with Gasteiger partial charge in [-0.2, -0.15) is 10.4 Å². The summed E-state index contributed by atoms with van der Waals surface area (Å²) in [6.45, 7) is 0.222. The Labute approximate surface area is 130 Å². The van der Waals surface area contributed by atoms with Gasteiger partial charge in [0, 0.05) is 7.11 Å². The molecule has 0 amide bonds. The van der Waals surface area contributed by atoms with Crippen molar-refractivity contribution >= 4 is 40.6 Å². The van der Waals surface area contributed by atoms with Crippen LogP contribution in [0.1, 0.15) is 5.56 Å². The van der Waals surface area contributed by atoms with E-state index in [1.165, 1.54) is 18.0 Å². The molecule has 1 aromatic carbocycles. The van der Waals surface area contributed by atoms with Gasteiger partial charge in [0.2, 0.25) is 0 Å². The van der Waals surface area contributed by atoms with Crippen LogP contribution in [0.3, 0.4) is 0 Å². The van der Waals surface area contributed by atoms with Gasteiger partial charge in [-0.3, -0.25) is 0 Å². The standard InChI is InChI=1S/C12H9Cl3N4O/c1-20-6-17-12-7(4-16)5-18-19(12)9-3-2-8(13)10(14)11(9)15/h2-3,5,17H,6H2,1H3. The van der Waals surface area contributed by atoms with E-state index >= 15 is 0 Å². The van der Waals surface area contributed by atoms with E-state index in [0.717, 1.165) is 0 Å². The maximum Gasteiger partial charge on any atom is 0.149 e. The monoisotopic (exact) mass is 330 g/mol. The van der Waals surface area contributed by atoms with Crippen LogP contribution in [-0.2, 0) is 4.74 Å². The Hall–Kier alpha value is -1.45. The lowest BCUT2D eigenvalue weighted by atomic mass is 10.3. The minimum absolute atomic E-state index is 0.222. The molecule has 2 rings (SSSR count). The van der Waals surface area contributed by atoms with Crippen molar-refractivity contribution in [2.45, 2.75) is 0 Å². The second-order valence-corrected chi connectivity index (χ2v) is 4.90. The van der Waals surface area contributed by atoms with Gasteiger partial charge in [0.25, 0.3) is 0 Å². The fourth-order valence-electron chi connectivity index (χ4n) is 1.60. The molecular formula is C12H9Cl3N4O. The molecule has 0 saturated carbocycles. The summed E-state index contributed by atoms with van der Waals surface area (Å²) in [5, 5.41) is 17.0. The lowest BCUT2D eigenvalue weighted by molar-refractivity contribution is 0.220. The third kappa shape index (κ3) is 2.69. The van der Waals surface area contributed by atoms with Crippen LogP contribution in [-0.4, -0.2) is 23.6 Å².